The van der Waals surface area contributed by atoms with Crippen molar-refractivity contribution >= 4 is 27.3 Å². The lowest BCUT2D eigenvalue weighted by Gasteiger charge is -2.09. The number of pyridine rings is 1. The van der Waals surface area contributed by atoms with E-state index in [4.69, 9.17) is 5.73 Å². The number of aryl methyl sites for hydroxylation is 1. The van der Waals surface area contributed by atoms with E-state index in [2.05, 4.69) is 33.1 Å². The van der Waals surface area contributed by atoms with Gasteiger partial charge in [-0.2, -0.15) is 0 Å². The highest BCUT2D eigenvalue weighted by Gasteiger charge is 2.12. The van der Waals surface area contributed by atoms with Crippen LogP contribution in [0, 0.1) is 13.8 Å². The molecule has 0 unspecified atom stereocenters. The third-order valence-corrected chi connectivity index (χ3v) is 3.77. The summed E-state index contributed by atoms with van der Waals surface area (Å²) in [5.74, 6) is 0.809. The number of nitrogens with two attached hydrogens (primary N) is 1. The molecule has 0 saturated carbocycles. The summed E-state index contributed by atoms with van der Waals surface area (Å²) >= 11 is 3.47. The van der Waals surface area contributed by atoms with Gasteiger partial charge in [-0.1, -0.05) is 0 Å². The van der Waals surface area contributed by atoms with Gasteiger partial charge in [-0.15, -0.1) is 10.2 Å². The van der Waals surface area contributed by atoms with Crippen LogP contribution in [0.15, 0.2) is 34.9 Å². The van der Waals surface area contributed by atoms with Crippen molar-refractivity contribution in [3.63, 3.8) is 0 Å². The van der Waals surface area contributed by atoms with Crippen LogP contribution in [0.2, 0.25) is 0 Å². The molecule has 2 N–H and O–H groups in total. The molecule has 0 spiro atoms. The normalized spacial score (nSPS) is 11.1. The third-order valence-electron chi connectivity index (χ3n) is 3.30. The summed E-state index contributed by atoms with van der Waals surface area (Å²) in [6.45, 7) is 4.12. The molecule has 0 aliphatic rings. The predicted octanol–water partition coefficient (Wildman–Crippen LogP) is 3.36. The quantitative estimate of drug-likeness (QED) is 0.700. The van der Waals surface area contributed by atoms with Gasteiger partial charge in [0.25, 0.3) is 0 Å². The van der Waals surface area contributed by atoms with E-state index >= 15 is 0 Å². The topological polar surface area (TPSA) is 56.2 Å². The summed E-state index contributed by atoms with van der Waals surface area (Å²) in [5.41, 5.74) is 10.8. The second-order valence-corrected chi connectivity index (χ2v) is 5.53. The lowest BCUT2D eigenvalue weighted by molar-refractivity contribution is 1.10. The van der Waals surface area contributed by atoms with Crippen LogP contribution in [0.25, 0.3) is 17.0 Å². The van der Waals surface area contributed by atoms with Crippen LogP contribution in [-0.4, -0.2) is 14.6 Å². The zero-order chi connectivity index (χ0) is 13.6. The van der Waals surface area contributed by atoms with E-state index in [1.165, 1.54) is 5.56 Å². The molecule has 0 amide bonds. The molecule has 19 heavy (non-hydrogen) atoms. The minimum atomic E-state index is 0.741. The smallest absolute Gasteiger partial charge is 0.168 e. The number of halogens is 1. The molecule has 96 valence electrons. The SMILES string of the molecule is Cc1cc(N)cc(-c2nnc3ccc(Br)cn23)c1C. The molecule has 2 heterocycles. The van der Waals surface area contributed by atoms with Crippen molar-refractivity contribution in [1.82, 2.24) is 14.6 Å². The average molecular weight is 317 g/mol. The van der Waals surface area contributed by atoms with E-state index in [-0.39, 0.29) is 0 Å². The Morgan fingerprint density at radius 2 is 1.95 bits per heavy atom. The Bertz CT molecular complexity index is 776. The molecule has 4 nitrogen and oxygen atoms in total. The fourth-order valence-electron chi connectivity index (χ4n) is 2.17. The fraction of sp³-hybridized carbons (Fsp3) is 0.143. The number of aromatic nitrogens is 3. The average Bonchev–Trinajstić information content (AvgIpc) is 2.76. The Morgan fingerprint density at radius 3 is 2.74 bits per heavy atom. The summed E-state index contributed by atoms with van der Waals surface area (Å²) in [6.07, 6.45) is 1.96. The van der Waals surface area contributed by atoms with Crippen molar-refractivity contribution in [2.75, 3.05) is 5.73 Å². The van der Waals surface area contributed by atoms with Gasteiger partial charge in [0, 0.05) is 21.9 Å². The number of benzene rings is 1. The molecule has 0 radical (unpaired) electrons. The van der Waals surface area contributed by atoms with E-state index in [0.717, 1.165) is 32.8 Å². The molecule has 3 aromatic rings. The Kier molecular flexibility index (Phi) is 2.78. The van der Waals surface area contributed by atoms with Crippen LogP contribution in [0.4, 0.5) is 5.69 Å². The monoisotopic (exact) mass is 316 g/mol. The molecule has 0 fully saturated rings. The van der Waals surface area contributed by atoms with Crippen LogP contribution < -0.4 is 5.73 Å². The van der Waals surface area contributed by atoms with Gasteiger partial charge in [0.05, 0.1) is 0 Å². The first-order valence-electron chi connectivity index (χ1n) is 5.93. The van der Waals surface area contributed by atoms with Crippen LogP contribution >= 0.6 is 15.9 Å². The Labute approximate surface area is 119 Å². The Balaban J connectivity index is 2.33. The number of hydrogen-bond acceptors (Lipinski definition) is 3. The second-order valence-electron chi connectivity index (χ2n) is 4.61. The molecular weight excluding hydrogens is 304 g/mol. The van der Waals surface area contributed by atoms with Crippen LogP contribution in [0.5, 0.6) is 0 Å². The van der Waals surface area contributed by atoms with Gasteiger partial charge in [-0.05, 0) is 65.2 Å². The highest BCUT2D eigenvalue weighted by atomic mass is 79.9. The fourth-order valence-corrected chi connectivity index (χ4v) is 2.50. The van der Waals surface area contributed by atoms with E-state index in [1.807, 2.05) is 41.8 Å². The molecule has 2 aromatic heterocycles. The summed E-state index contributed by atoms with van der Waals surface area (Å²) in [4.78, 5) is 0. The summed E-state index contributed by atoms with van der Waals surface area (Å²) in [5, 5.41) is 8.47. The lowest BCUT2D eigenvalue weighted by Crippen LogP contribution is -1.96. The van der Waals surface area contributed by atoms with Gasteiger partial charge in [-0.25, -0.2) is 0 Å². The largest absolute Gasteiger partial charge is 0.399 e. The number of nitrogen functional groups attached to an aromatic ring is 1. The highest BCUT2D eigenvalue weighted by molar-refractivity contribution is 9.10. The molecule has 0 aliphatic carbocycles. The highest BCUT2D eigenvalue weighted by Crippen LogP contribution is 2.28. The zero-order valence-electron chi connectivity index (χ0n) is 10.7. The second kappa shape index (κ2) is 4.35. The number of fused-ring (bicyclic) bond motifs is 1. The molecule has 0 saturated heterocycles. The maximum Gasteiger partial charge on any atom is 0.168 e. The van der Waals surface area contributed by atoms with Crippen LogP contribution in [0.3, 0.4) is 0 Å². The van der Waals surface area contributed by atoms with Gasteiger partial charge < -0.3 is 5.73 Å². The van der Waals surface area contributed by atoms with Gasteiger partial charge in [0.15, 0.2) is 11.5 Å². The summed E-state index contributed by atoms with van der Waals surface area (Å²) in [7, 11) is 0. The molecule has 0 atom stereocenters. The number of hydrogen-bond donors (Lipinski definition) is 1. The minimum absolute atomic E-state index is 0.741. The molecule has 0 bridgehead atoms. The van der Waals surface area contributed by atoms with E-state index in [0.29, 0.717) is 0 Å². The maximum atomic E-state index is 5.94. The van der Waals surface area contributed by atoms with E-state index in [1.54, 1.807) is 0 Å². The summed E-state index contributed by atoms with van der Waals surface area (Å²) in [6, 6.07) is 7.79. The van der Waals surface area contributed by atoms with E-state index < -0.39 is 0 Å². The van der Waals surface area contributed by atoms with Crippen molar-refractivity contribution < 1.29 is 0 Å². The van der Waals surface area contributed by atoms with Crippen molar-refractivity contribution in [2.45, 2.75) is 13.8 Å². The Hall–Kier alpha value is -1.88. The summed E-state index contributed by atoms with van der Waals surface area (Å²) < 4.78 is 2.95. The molecular formula is C14H13BrN4. The first kappa shape index (κ1) is 12.2. The van der Waals surface area contributed by atoms with Crippen molar-refractivity contribution in [2.24, 2.45) is 0 Å². The number of nitrogens with zero attached hydrogens (tertiary/aromatic N) is 3. The first-order chi connectivity index (χ1) is 9.06. The lowest BCUT2D eigenvalue weighted by atomic mass is 10.0. The van der Waals surface area contributed by atoms with Gasteiger partial charge >= 0.3 is 0 Å². The first-order valence-corrected chi connectivity index (χ1v) is 6.73. The van der Waals surface area contributed by atoms with Gasteiger partial charge in [0.1, 0.15) is 0 Å². The molecule has 5 heteroatoms. The van der Waals surface area contributed by atoms with Gasteiger partial charge in [-0.3, -0.25) is 4.40 Å². The molecule has 3 rings (SSSR count). The predicted molar refractivity (Wildman–Crippen MR) is 80.0 cm³/mol. The number of anilines is 1. The minimum Gasteiger partial charge on any atom is -0.399 e. The number of rotatable bonds is 1. The van der Waals surface area contributed by atoms with Crippen molar-refractivity contribution in [3.05, 3.63) is 46.1 Å². The maximum absolute atomic E-state index is 5.94. The van der Waals surface area contributed by atoms with E-state index in [9.17, 15) is 0 Å². The van der Waals surface area contributed by atoms with Crippen LogP contribution in [0.1, 0.15) is 11.1 Å². The molecule has 0 aliphatic heterocycles. The van der Waals surface area contributed by atoms with Crippen molar-refractivity contribution in [3.8, 4) is 11.4 Å². The Morgan fingerprint density at radius 1 is 1.16 bits per heavy atom. The van der Waals surface area contributed by atoms with Crippen LogP contribution in [-0.2, 0) is 0 Å². The third kappa shape index (κ3) is 2.00. The molecule has 1 aromatic carbocycles. The zero-order valence-corrected chi connectivity index (χ0v) is 12.3. The van der Waals surface area contributed by atoms with Crippen molar-refractivity contribution in [1.29, 1.82) is 0 Å². The standard InChI is InChI=1S/C14H13BrN4/c1-8-5-11(16)6-12(9(8)2)14-18-17-13-4-3-10(15)7-19(13)14/h3-7H,16H2,1-2H3. The van der Waals surface area contributed by atoms with Gasteiger partial charge in [0.2, 0.25) is 0 Å².